The Morgan fingerprint density at radius 1 is 1.18 bits per heavy atom. The lowest BCUT2D eigenvalue weighted by Crippen LogP contribution is -2.35. The Hall–Kier alpha value is -2.85. The van der Waals surface area contributed by atoms with Gasteiger partial charge in [-0.3, -0.25) is 9.52 Å². The molecule has 0 unspecified atom stereocenters. The number of ether oxygens (including phenoxy) is 1. The van der Waals surface area contributed by atoms with Gasteiger partial charge in [0, 0.05) is 19.2 Å². The van der Waals surface area contributed by atoms with Crippen LogP contribution in [-0.2, 0) is 10.0 Å². The molecule has 1 spiro atoms. The fraction of sp³-hybridized carbons (Fsp3) is 0.500. The fourth-order valence-electron chi connectivity index (χ4n) is 4.25. The molecule has 0 radical (unpaired) electrons. The quantitative estimate of drug-likeness (QED) is 0.469. The number of hydrogen-bond donors (Lipinski definition) is 3. The summed E-state index contributed by atoms with van der Waals surface area (Å²) in [7, 11) is -3.68. The number of nitrogens with one attached hydrogen (secondary N) is 2. The van der Waals surface area contributed by atoms with E-state index in [2.05, 4.69) is 19.9 Å². The maximum absolute atomic E-state index is 13.3. The van der Waals surface area contributed by atoms with Crippen LogP contribution in [-0.4, -0.2) is 56.5 Å². The number of carbonyl (C=O) groups is 1. The third kappa shape index (κ3) is 5.98. The summed E-state index contributed by atoms with van der Waals surface area (Å²) in [5.74, 6) is 0.109. The normalized spacial score (nSPS) is 16.8. The molecule has 1 aliphatic carbocycles. The van der Waals surface area contributed by atoms with Crippen molar-refractivity contribution in [2.24, 2.45) is 5.41 Å². The van der Waals surface area contributed by atoms with Gasteiger partial charge < -0.3 is 20.1 Å². The molecule has 1 saturated carbocycles. The maximum Gasteiger partial charge on any atom is 0.258 e. The molecule has 2 fully saturated rings. The topological polar surface area (TPSA) is 121 Å². The predicted molar refractivity (Wildman–Crippen MR) is 132 cm³/mol. The number of hydrogen-bond acceptors (Lipinski definition) is 7. The summed E-state index contributed by atoms with van der Waals surface area (Å²) in [5.41, 5.74) is 1.94. The van der Waals surface area contributed by atoms with Gasteiger partial charge >= 0.3 is 0 Å². The monoisotopic (exact) mass is 488 g/mol. The third-order valence-electron chi connectivity index (χ3n) is 6.42. The number of anilines is 3. The standard InChI is InChI=1S/C24H32N4O5S/c1-2-15-33-22-5-3-4-21(25-22)26-23(30)19-7-6-18(27-34(31,32)16-14-29)17-20(19)28-12-10-24(8-9-24)11-13-28/h3-7,17,27,29H,2,8-16H2,1H3,(H,25,26,30). The molecule has 0 atom stereocenters. The Morgan fingerprint density at radius 3 is 2.62 bits per heavy atom. The van der Waals surface area contributed by atoms with E-state index in [-0.39, 0.29) is 11.7 Å². The lowest BCUT2D eigenvalue weighted by atomic mass is 9.93. The van der Waals surface area contributed by atoms with Crippen molar-refractivity contribution in [1.82, 2.24) is 4.98 Å². The molecule has 34 heavy (non-hydrogen) atoms. The minimum atomic E-state index is -3.68. The number of carbonyl (C=O) groups excluding carboxylic acids is 1. The molecule has 0 bridgehead atoms. The van der Waals surface area contributed by atoms with Crippen LogP contribution in [0.4, 0.5) is 17.2 Å². The SMILES string of the molecule is CCCOc1cccc(NC(=O)c2ccc(NS(=O)(=O)CCO)cc2N2CCC3(CC2)CC3)n1. The number of pyridine rings is 1. The van der Waals surface area contributed by atoms with Crippen LogP contribution >= 0.6 is 0 Å². The van der Waals surface area contributed by atoms with Crippen molar-refractivity contribution in [3.63, 3.8) is 0 Å². The molecular formula is C24H32N4O5S. The zero-order valence-corrected chi connectivity index (χ0v) is 20.2. The van der Waals surface area contributed by atoms with Crippen LogP contribution in [0.5, 0.6) is 5.88 Å². The molecule has 1 aliphatic heterocycles. The number of nitrogens with zero attached hydrogens (tertiary/aromatic N) is 2. The van der Waals surface area contributed by atoms with Crippen LogP contribution in [0.25, 0.3) is 0 Å². The van der Waals surface area contributed by atoms with Crippen molar-refractivity contribution in [2.75, 3.05) is 47.0 Å². The molecule has 4 rings (SSSR count). The van der Waals surface area contributed by atoms with Crippen LogP contribution in [0.1, 0.15) is 49.4 Å². The first-order valence-corrected chi connectivity index (χ1v) is 13.4. The van der Waals surface area contributed by atoms with E-state index in [1.807, 2.05) is 6.92 Å². The zero-order chi connectivity index (χ0) is 24.2. The van der Waals surface area contributed by atoms with Gasteiger partial charge in [0.05, 0.1) is 35.9 Å². The molecule has 1 saturated heterocycles. The number of aliphatic hydroxyl groups excluding tert-OH is 1. The van der Waals surface area contributed by atoms with E-state index in [0.29, 0.717) is 40.7 Å². The van der Waals surface area contributed by atoms with Gasteiger partial charge in [0.1, 0.15) is 5.82 Å². The Morgan fingerprint density at radius 2 is 1.94 bits per heavy atom. The molecule has 184 valence electrons. The average molecular weight is 489 g/mol. The highest BCUT2D eigenvalue weighted by Crippen LogP contribution is 2.54. The summed E-state index contributed by atoms with van der Waals surface area (Å²) in [6.07, 6.45) is 5.50. The van der Waals surface area contributed by atoms with Crippen LogP contribution < -0.4 is 19.7 Å². The van der Waals surface area contributed by atoms with E-state index in [9.17, 15) is 13.2 Å². The first-order chi connectivity index (χ1) is 16.3. The molecule has 1 aromatic heterocycles. The number of benzene rings is 1. The van der Waals surface area contributed by atoms with Crippen LogP contribution in [0.2, 0.25) is 0 Å². The van der Waals surface area contributed by atoms with E-state index in [4.69, 9.17) is 9.84 Å². The third-order valence-corrected chi connectivity index (χ3v) is 7.68. The molecule has 1 aromatic carbocycles. The number of rotatable bonds is 10. The van der Waals surface area contributed by atoms with Gasteiger partial charge in [0.2, 0.25) is 15.9 Å². The number of sulfonamides is 1. The number of aliphatic hydroxyl groups is 1. The summed E-state index contributed by atoms with van der Waals surface area (Å²) in [6, 6.07) is 10.1. The van der Waals surface area contributed by atoms with Crippen molar-refractivity contribution in [3.8, 4) is 5.88 Å². The first-order valence-electron chi connectivity index (χ1n) is 11.7. The number of piperidine rings is 1. The second-order valence-electron chi connectivity index (χ2n) is 9.03. The van der Waals surface area contributed by atoms with Gasteiger partial charge in [0.15, 0.2) is 0 Å². The van der Waals surface area contributed by atoms with Gasteiger partial charge in [-0.15, -0.1) is 0 Å². The highest BCUT2D eigenvalue weighted by molar-refractivity contribution is 7.92. The lowest BCUT2D eigenvalue weighted by molar-refractivity contribution is 0.102. The minimum Gasteiger partial charge on any atom is -0.478 e. The summed E-state index contributed by atoms with van der Waals surface area (Å²) in [5, 5.41) is 11.9. The first kappa shape index (κ1) is 24.3. The van der Waals surface area contributed by atoms with Crippen LogP contribution in [0, 0.1) is 5.41 Å². The Labute approximate surface area is 200 Å². The second-order valence-corrected chi connectivity index (χ2v) is 10.9. The lowest BCUT2D eigenvalue weighted by Gasteiger charge is -2.35. The van der Waals surface area contributed by atoms with Gasteiger partial charge in [-0.05, 0) is 61.8 Å². The van der Waals surface area contributed by atoms with E-state index >= 15 is 0 Å². The molecule has 1 amide bonds. The van der Waals surface area contributed by atoms with E-state index in [1.54, 1.807) is 36.4 Å². The molecule has 2 heterocycles. The van der Waals surface area contributed by atoms with Gasteiger partial charge in [-0.25, -0.2) is 8.42 Å². The van der Waals surface area contributed by atoms with E-state index < -0.39 is 16.6 Å². The maximum atomic E-state index is 13.3. The summed E-state index contributed by atoms with van der Waals surface area (Å²) in [6.45, 7) is 3.70. The van der Waals surface area contributed by atoms with Gasteiger partial charge in [-0.1, -0.05) is 13.0 Å². The molecule has 3 N–H and O–H groups in total. The number of aromatic nitrogens is 1. The van der Waals surface area contributed by atoms with Crippen molar-refractivity contribution in [3.05, 3.63) is 42.0 Å². The highest BCUT2D eigenvalue weighted by Gasteiger charge is 2.44. The van der Waals surface area contributed by atoms with Gasteiger partial charge in [-0.2, -0.15) is 4.98 Å². The van der Waals surface area contributed by atoms with Crippen molar-refractivity contribution >= 4 is 33.1 Å². The molecular weight excluding hydrogens is 456 g/mol. The molecule has 10 heteroatoms. The second kappa shape index (κ2) is 10.2. The van der Waals surface area contributed by atoms with Crippen molar-refractivity contribution < 1.29 is 23.1 Å². The summed E-state index contributed by atoms with van der Waals surface area (Å²) >= 11 is 0. The van der Waals surface area contributed by atoms with E-state index in [1.165, 1.54) is 12.8 Å². The van der Waals surface area contributed by atoms with Crippen LogP contribution in [0.3, 0.4) is 0 Å². The fourth-order valence-corrected chi connectivity index (χ4v) is 5.08. The highest BCUT2D eigenvalue weighted by atomic mass is 32.2. The zero-order valence-electron chi connectivity index (χ0n) is 19.4. The number of amides is 1. The summed E-state index contributed by atoms with van der Waals surface area (Å²) in [4.78, 5) is 19.7. The van der Waals surface area contributed by atoms with Gasteiger partial charge in [0.25, 0.3) is 5.91 Å². The summed E-state index contributed by atoms with van der Waals surface area (Å²) < 4.78 is 32.4. The molecule has 9 nitrogen and oxygen atoms in total. The smallest absolute Gasteiger partial charge is 0.258 e. The predicted octanol–water partition coefficient (Wildman–Crippen LogP) is 3.24. The van der Waals surface area contributed by atoms with Crippen LogP contribution in [0.15, 0.2) is 36.4 Å². The Bertz CT molecular complexity index is 1120. The molecule has 2 aromatic rings. The Balaban J connectivity index is 1.58. The van der Waals surface area contributed by atoms with E-state index in [0.717, 1.165) is 32.4 Å². The largest absolute Gasteiger partial charge is 0.478 e. The van der Waals surface area contributed by atoms with Crippen molar-refractivity contribution in [2.45, 2.75) is 39.0 Å². The van der Waals surface area contributed by atoms with Crippen molar-refractivity contribution in [1.29, 1.82) is 0 Å². The molecule has 2 aliphatic rings. The Kier molecular flexibility index (Phi) is 7.27. The average Bonchev–Trinajstić information content (AvgIpc) is 3.56. The minimum absolute atomic E-state index is 0.327.